The molecular weight excluding hydrogens is 448 g/mol. The van der Waals surface area contributed by atoms with Gasteiger partial charge in [0, 0.05) is 6.42 Å². The second kappa shape index (κ2) is 13.6. The molecule has 12 N–H and O–H groups in total. The molecule has 0 aromatic rings. The smallest absolute Gasteiger partial charge is 0.326 e. The zero-order chi connectivity index (χ0) is 25.9. The first-order valence-corrected chi connectivity index (χ1v) is 9.51. The van der Waals surface area contributed by atoms with Crippen molar-refractivity contribution in [2.45, 2.75) is 62.9 Å². The molecule has 0 saturated heterocycles. The van der Waals surface area contributed by atoms with Crippen LogP contribution < -0.4 is 33.2 Å². The SMILES string of the molecule is CC(O)C(NC(=O)C(N)CCC(=O)O)C(=O)NC(CC(N)=O)C(=O)NC(CC(N)=O)C(=O)O. The van der Waals surface area contributed by atoms with Crippen LogP contribution in [0.25, 0.3) is 0 Å². The van der Waals surface area contributed by atoms with E-state index in [1.807, 2.05) is 5.32 Å². The van der Waals surface area contributed by atoms with E-state index in [1.165, 1.54) is 0 Å². The molecule has 5 amide bonds. The van der Waals surface area contributed by atoms with Crippen molar-refractivity contribution in [1.82, 2.24) is 16.0 Å². The first kappa shape index (κ1) is 29.2. The first-order chi connectivity index (χ1) is 15.1. The summed E-state index contributed by atoms with van der Waals surface area (Å²) in [6.07, 6.45) is -3.80. The van der Waals surface area contributed by atoms with Gasteiger partial charge in [-0.15, -0.1) is 0 Å². The van der Waals surface area contributed by atoms with Gasteiger partial charge in [-0.1, -0.05) is 0 Å². The lowest BCUT2D eigenvalue weighted by atomic mass is 10.1. The third kappa shape index (κ3) is 11.4. The number of hydrogen-bond donors (Lipinski definition) is 9. The van der Waals surface area contributed by atoms with Crippen molar-refractivity contribution in [3.8, 4) is 0 Å². The third-order valence-electron chi connectivity index (χ3n) is 4.13. The lowest BCUT2D eigenvalue weighted by Crippen LogP contribution is -2.60. The van der Waals surface area contributed by atoms with E-state index in [-0.39, 0.29) is 6.42 Å². The lowest BCUT2D eigenvalue weighted by Gasteiger charge is -2.26. The molecule has 0 aliphatic heterocycles. The summed E-state index contributed by atoms with van der Waals surface area (Å²) in [5.41, 5.74) is 15.5. The van der Waals surface area contributed by atoms with Crippen LogP contribution in [0.2, 0.25) is 0 Å². The average molecular weight is 476 g/mol. The molecule has 0 fully saturated rings. The summed E-state index contributed by atoms with van der Waals surface area (Å²) in [4.78, 5) is 81.1. The Labute approximate surface area is 187 Å². The highest BCUT2D eigenvalue weighted by Gasteiger charge is 2.33. The molecule has 16 heteroatoms. The number of aliphatic carboxylic acids is 2. The van der Waals surface area contributed by atoms with Crippen molar-refractivity contribution in [2.75, 3.05) is 0 Å². The minimum Gasteiger partial charge on any atom is -0.481 e. The molecule has 0 bridgehead atoms. The van der Waals surface area contributed by atoms with E-state index in [9.17, 15) is 38.7 Å². The minimum absolute atomic E-state index is 0.265. The van der Waals surface area contributed by atoms with Crippen molar-refractivity contribution < 1.29 is 48.9 Å². The molecule has 0 radical (unpaired) electrons. The summed E-state index contributed by atoms with van der Waals surface area (Å²) >= 11 is 0. The Hall–Kier alpha value is -3.79. The molecule has 0 rings (SSSR count). The molecule has 0 aromatic carbocycles. The van der Waals surface area contributed by atoms with E-state index < -0.39 is 91.0 Å². The fourth-order valence-electron chi connectivity index (χ4n) is 2.42. The topological polar surface area (TPSA) is 294 Å². The molecule has 5 atom stereocenters. The number of hydrogen-bond acceptors (Lipinski definition) is 9. The Balaban J connectivity index is 5.44. The maximum atomic E-state index is 12.6. The Kier molecular flexibility index (Phi) is 12.0. The van der Waals surface area contributed by atoms with Crippen molar-refractivity contribution in [1.29, 1.82) is 0 Å². The molecule has 0 aliphatic rings. The molecule has 0 heterocycles. The van der Waals surface area contributed by atoms with Crippen LogP contribution in [0.1, 0.15) is 32.6 Å². The molecule has 186 valence electrons. The second-order valence-electron chi connectivity index (χ2n) is 7.07. The summed E-state index contributed by atoms with van der Waals surface area (Å²) in [5, 5.41) is 33.6. The van der Waals surface area contributed by atoms with Gasteiger partial charge in [-0.3, -0.25) is 28.8 Å². The van der Waals surface area contributed by atoms with Crippen LogP contribution in [0.5, 0.6) is 0 Å². The van der Waals surface area contributed by atoms with Gasteiger partial charge in [0.2, 0.25) is 29.5 Å². The van der Waals surface area contributed by atoms with Gasteiger partial charge in [0.25, 0.3) is 0 Å². The normalized spacial score (nSPS) is 15.1. The van der Waals surface area contributed by atoms with Gasteiger partial charge in [0.15, 0.2) is 0 Å². The van der Waals surface area contributed by atoms with Gasteiger partial charge >= 0.3 is 11.9 Å². The van der Waals surface area contributed by atoms with E-state index in [2.05, 4.69) is 10.6 Å². The van der Waals surface area contributed by atoms with Crippen molar-refractivity contribution in [3.05, 3.63) is 0 Å². The number of rotatable bonds is 15. The predicted octanol–water partition coefficient (Wildman–Crippen LogP) is -5.15. The van der Waals surface area contributed by atoms with Crippen molar-refractivity contribution in [2.24, 2.45) is 17.2 Å². The van der Waals surface area contributed by atoms with Gasteiger partial charge in [0.1, 0.15) is 18.1 Å². The number of carboxylic acid groups (broad SMARTS) is 2. The Bertz CT molecular complexity index is 786. The van der Waals surface area contributed by atoms with Gasteiger partial charge in [-0.2, -0.15) is 0 Å². The molecule has 0 saturated carbocycles. The van der Waals surface area contributed by atoms with Gasteiger partial charge in [0.05, 0.1) is 25.0 Å². The Morgan fingerprint density at radius 3 is 1.70 bits per heavy atom. The van der Waals surface area contributed by atoms with E-state index in [0.717, 1.165) is 6.92 Å². The number of carboxylic acids is 2. The first-order valence-electron chi connectivity index (χ1n) is 9.51. The fourth-order valence-corrected chi connectivity index (χ4v) is 2.42. The van der Waals surface area contributed by atoms with Crippen molar-refractivity contribution in [3.63, 3.8) is 0 Å². The maximum absolute atomic E-state index is 12.6. The van der Waals surface area contributed by atoms with Crippen LogP contribution in [0, 0.1) is 0 Å². The van der Waals surface area contributed by atoms with E-state index in [0.29, 0.717) is 0 Å². The van der Waals surface area contributed by atoms with Crippen LogP contribution >= 0.6 is 0 Å². The predicted molar refractivity (Wildman–Crippen MR) is 108 cm³/mol. The molecular formula is C17H28N6O10. The third-order valence-corrected chi connectivity index (χ3v) is 4.13. The highest BCUT2D eigenvalue weighted by atomic mass is 16.4. The number of primary amides is 2. The summed E-state index contributed by atoms with van der Waals surface area (Å²) in [6, 6.07) is -6.51. The monoisotopic (exact) mass is 476 g/mol. The van der Waals surface area contributed by atoms with E-state index in [4.69, 9.17) is 27.4 Å². The molecule has 5 unspecified atom stereocenters. The molecule has 0 aliphatic carbocycles. The second-order valence-corrected chi connectivity index (χ2v) is 7.07. The van der Waals surface area contributed by atoms with Crippen LogP contribution in [0.4, 0.5) is 0 Å². The molecule has 0 aromatic heterocycles. The largest absolute Gasteiger partial charge is 0.481 e. The van der Waals surface area contributed by atoms with Gasteiger partial charge in [-0.25, -0.2) is 4.79 Å². The van der Waals surface area contributed by atoms with Crippen LogP contribution in [0.3, 0.4) is 0 Å². The Morgan fingerprint density at radius 2 is 1.27 bits per heavy atom. The van der Waals surface area contributed by atoms with Crippen LogP contribution in [-0.2, 0) is 33.6 Å². The summed E-state index contributed by atoms with van der Waals surface area (Å²) in [7, 11) is 0. The van der Waals surface area contributed by atoms with E-state index in [1.54, 1.807) is 0 Å². The quantitative estimate of drug-likeness (QED) is 0.108. The lowest BCUT2D eigenvalue weighted by molar-refractivity contribution is -0.144. The summed E-state index contributed by atoms with van der Waals surface area (Å²) < 4.78 is 0. The van der Waals surface area contributed by atoms with Crippen LogP contribution in [0.15, 0.2) is 0 Å². The maximum Gasteiger partial charge on any atom is 0.326 e. The van der Waals surface area contributed by atoms with Gasteiger partial charge < -0.3 is 48.5 Å². The number of aliphatic hydroxyl groups is 1. The number of nitrogens with two attached hydrogens (primary N) is 3. The standard InChI is InChI=1S/C17H28N6O10/c1-6(24)13(23-14(29)7(18)2-3-12(27)28)16(31)21-8(4-10(19)25)15(30)22-9(17(32)33)5-11(20)26/h6-9,13,24H,2-5,18H2,1H3,(H2,19,25)(H2,20,26)(H,21,31)(H,22,30)(H,23,29)(H,27,28)(H,32,33). The molecule has 16 nitrogen and oxygen atoms in total. The number of aliphatic hydroxyl groups excluding tert-OH is 1. The van der Waals surface area contributed by atoms with E-state index >= 15 is 0 Å². The van der Waals surface area contributed by atoms with Gasteiger partial charge in [-0.05, 0) is 13.3 Å². The van der Waals surface area contributed by atoms with Crippen molar-refractivity contribution >= 4 is 41.5 Å². The minimum atomic E-state index is -1.76. The summed E-state index contributed by atoms with van der Waals surface area (Å²) in [6.45, 7) is 1.11. The van der Waals surface area contributed by atoms with Crippen LogP contribution in [-0.4, -0.2) is 87.1 Å². The average Bonchev–Trinajstić information content (AvgIpc) is 2.67. The zero-order valence-corrected chi connectivity index (χ0v) is 17.6. The number of nitrogens with one attached hydrogen (secondary N) is 3. The number of carbonyl (C=O) groups is 7. The zero-order valence-electron chi connectivity index (χ0n) is 17.6. The fraction of sp³-hybridized carbons (Fsp3) is 0.588. The highest BCUT2D eigenvalue weighted by Crippen LogP contribution is 2.02. The number of amides is 5. The Morgan fingerprint density at radius 1 is 0.788 bits per heavy atom. The molecule has 33 heavy (non-hydrogen) atoms. The highest BCUT2D eigenvalue weighted by molar-refractivity contribution is 5.97. The molecule has 0 spiro atoms. The summed E-state index contributed by atoms with van der Waals surface area (Å²) in [5.74, 6) is -8.27. The number of carbonyl (C=O) groups excluding carboxylic acids is 5.